The number of allylic oxidation sites excluding steroid dienone is 2. The Labute approximate surface area is 149 Å². The van der Waals surface area contributed by atoms with Crippen molar-refractivity contribution in [3.05, 3.63) is 47.0 Å². The molecule has 138 valence electrons. The van der Waals surface area contributed by atoms with E-state index in [1.807, 2.05) is 0 Å². The van der Waals surface area contributed by atoms with Crippen LogP contribution in [0.2, 0.25) is 0 Å². The maximum atomic E-state index is 12.6. The zero-order valence-electron chi connectivity index (χ0n) is 15.1. The van der Waals surface area contributed by atoms with Crippen molar-refractivity contribution in [2.45, 2.75) is 70.9 Å². The molecule has 25 heavy (non-hydrogen) atoms. The molecule has 0 aromatic heterocycles. The van der Waals surface area contributed by atoms with E-state index in [1.54, 1.807) is 17.7 Å². The average molecular weight is 350 g/mol. The third kappa shape index (κ3) is 5.12. The predicted molar refractivity (Wildman–Crippen MR) is 96.3 cm³/mol. The molecule has 1 aromatic carbocycles. The van der Waals surface area contributed by atoms with E-state index in [2.05, 4.69) is 13.0 Å². The van der Waals surface area contributed by atoms with Crippen LogP contribution in [0.15, 0.2) is 35.9 Å². The zero-order chi connectivity index (χ0) is 17.9. The normalized spacial score (nSPS) is 27.8. The molecule has 0 bridgehead atoms. The van der Waals surface area contributed by atoms with Gasteiger partial charge in [0.15, 0.2) is 0 Å². The fraction of sp³-hybridized carbons (Fsp3) is 0.636. The minimum absolute atomic E-state index is 0.549. The lowest BCUT2D eigenvalue weighted by molar-refractivity contribution is -0.137. The van der Waals surface area contributed by atoms with Gasteiger partial charge in [-0.1, -0.05) is 30.7 Å². The minimum atomic E-state index is -4.23. The third-order valence-corrected chi connectivity index (χ3v) is 6.20. The van der Waals surface area contributed by atoms with Gasteiger partial charge in [0, 0.05) is 0 Å². The molecular formula is C22H29F3. The quantitative estimate of drug-likeness (QED) is 0.504. The van der Waals surface area contributed by atoms with E-state index in [9.17, 15) is 13.2 Å². The summed E-state index contributed by atoms with van der Waals surface area (Å²) in [6.45, 7) is 2.34. The van der Waals surface area contributed by atoms with Gasteiger partial charge < -0.3 is 0 Å². The summed E-state index contributed by atoms with van der Waals surface area (Å²) in [7, 11) is 0. The monoisotopic (exact) mass is 350 g/mol. The van der Waals surface area contributed by atoms with E-state index in [0.29, 0.717) is 0 Å². The summed E-state index contributed by atoms with van der Waals surface area (Å²) in [5, 5.41) is 0. The highest BCUT2D eigenvalue weighted by molar-refractivity contribution is 5.24. The van der Waals surface area contributed by atoms with Crippen LogP contribution in [0.5, 0.6) is 0 Å². The van der Waals surface area contributed by atoms with Gasteiger partial charge in [-0.2, -0.15) is 13.2 Å². The number of hydrogen-bond acceptors (Lipinski definition) is 0. The second kappa shape index (κ2) is 7.97. The van der Waals surface area contributed by atoms with Crippen molar-refractivity contribution < 1.29 is 13.2 Å². The van der Waals surface area contributed by atoms with Crippen molar-refractivity contribution in [2.75, 3.05) is 0 Å². The largest absolute Gasteiger partial charge is 0.416 e. The highest BCUT2D eigenvalue weighted by Crippen LogP contribution is 2.39. The number of aryl methyl sites for hydroxylation is 1. The Morgan fingerprint density at radius 2 is 1.64 bits per heavy atom. The van der Waals surface area contributed by atoms with Crippen molar-refractivity contribution in [3.63, 3.8) is 0 Å². The van der Waals surface area contributed by atoms with Crippen LogP contribution in [-0.4, -0.2) is 0 Å². The first-order chi connectivity index (χ1) is 11.9. The van der Waals surface area contributed by atoms with E-state index in [4.69, 9.17) is 0 Å². The molecule has 0 N–H and O–H groups in total. The number of alkyl halides is 3. The molecule has 1 atom stereocenters. The SMILES string of the molecule is CC1CC=C(C2CCC(CCc3ccc(C(F)(F)F)cc3)CC2)CC1. The summed E-state index contributed by atoms with van der Waals surface area (Å²) in [6, 6.07) is 5.70. The zero-order valence-corrected chi connectivity index (χ0v) is 15.1. The molecule has 2 aliphatic carbocycles. The summed E-state index contributed by atoms with van der Waals surface area (Å²) in [5.74, 6) is 2.39. The molecule has 0 heterocycles. The Balaban J connectivity index is 1.43. The first kappa shape index (κ1) is 18.5. The molecule has 3 rings (SSSR count). The summed E-state index contributed by atoms with van der Waals surface area (Å²) < 4.78 is 37.8. The molecule has 0 nitrogen and oxygen atoms in total. The van der Waals surface area contributed by atoms with Gasteiger partial charge in [-0.3, -0.25) is 0 Å². The van der Waals surface area contributed by atoms with Crippen molar-refractivity contribution in [2.24, 2.45) is 17.8 Å². The van der Waals surface area contributed by atoms with Crippen LogP contribution in [0, 0.1) is 17.8 Å². The first-order valence-corrected chi connectivity index (χ1v) is 9.77. The molecule has 0 amide bonds. The molecule has 0 spiro atoms. The Morgan fingerprint density at radius 3 is 2.20 bits per heavy atom. The predicted octanol–water partition coefficient (Wildman–Crippen LogP) is 7.19. The lowest BCUT2D eigenvalue weighted by atomic mass is 9.73. The first-order valence-electron chi connectivity index (χ1n) is 9.77. The molecule has 2 aliphatic rings. The van der Waals surface area contributed by atoms with Crippen LogP contribution in [0.25, 0.3) is 0 Å². The lowest BCUT2D eigenvalue weighted by Gasteiger charge is -2.32. The molecule has 0 aliphatic heterocycles. The number of rotatable bonds is 4. The Hall–Kier alpha value is -1.25. The fourth-order valence-electron chi connectivity index (χ4n) is 4.41. The van der Waals surface area contributed by atoms with Crippen LogP contribution < -0.4 is 0 Å². The van der Waals surface area contributed by atoms with Gasteiger partial charge in [0.1, 0.15) is 0 Å². The Bertz CT molecular complexity index is 574. The molecule has 0 radical (unpaired) electrons. The molecule has 1 fully saturated rings. The summed E-state index contributed by atoms with van der Waals surface area (Å²) in [5.41, 5.74) is 2.19. The highest BCUT2D eigenvalue weighted by atomic mass is 19.4. The van der Waals surface area contributed by atoms with E-state index < -0.39 is 11.7 Å². The molecule has 3 heteroatoms. The molecular weight excluding hydrogens is 321 g/mol. The van der Waals surface area contributed by atoms with Gasteiger partial charge in [0.05, 0.1) is 5.56 Å². The molecule has 1 aromatic rings. The van der Waals surface area contributed by atoms with Gasteiger partial charge in [-0.25, -0.2) is 0 Å². The van der Waals surface area contributed by atoms with E-state index in [-0.39, 0.29) is 0 Å². The number of benzene rings is 1. The van der Waals surface area contributed by atoms with Crippen LogP contribution in [-0.2, 0) is 12.6 Å². The minimum Gasteiger partial charge on any atom is -0.166 e. The molecule has 1 saturated carbocycles. The Kier molecular flexibility index (Phi) is 5.91. The van der Waals surface area contributed by atoms with E-state index in [0.717, 1.165) is 36.2 Å². The van der Waals surface area contributed by atoms with Crippen molar-refractivity contribution >= 4 is 0 Å². The maximum absolute atomic E-state index is 12.6. The second-order valence-electron chi connectivity index (χ2n) is 8.11. The molecule has 1 unspecified atom stereocenters. The Morgan fingerprint density at radius 1 is 0.960 bits per heavy atom. The van der Waals surface area contributed by atoms with Crippen molar-refractivity contribution in [3.8, 4) is 0 Å². The fourth-order valence-corrected chi connectivity index (χ4v) is 4.41. The number of hydrogen-bond donors (Lipinski definition) is 0. The van der Waals surface area contributed by atoms with Crippen molar-refractivity contribution in [1.82, 2.24) is 0 Å². The van der Waals surface area contributed by atoms with Gasteiger partial charge >= 0.3 is 6.18 Å². The smallest absolute Gasteiger partial charge is 0.166 e. The maximum Gasteiger partial charge on any atom is 0.416 e. The van der Waals surface area contributed by atoms with Crippen LogP contribution in [0.3, 0.4) is 0 Å². The summed E-state index contributed by atoms with van der Waals surface area (Å²) in [6.07, 6.45) is 9.32. The topological polar surface area (TPSA) is 0 Å². The summed E-state index contributed by atoms with van der Waals surface area (Å²) >= 11 is 0. The van der Waals surface area contributed by atoms with Crippen LogP contribution >= 0.6 is 0 Å². The standard InChI is InChI=1S/C22H29F3/c1-16-2-10-19(11-3-16)20-12-6-17(7-13-20)4-5-18-8-14-21(15-9-18)22(23,24)25/h8-10,14-17,20H,2-7,11-13H2,1H3. The van der Waals surface area contributed by atoms with Gasteiger partial charge in [0.2, 0.25) is 0 Å². The van der Waals surface area contributed by atoms with Gasteiger partial charge in [-0.05, 0) is 93.2 Å². The average Bonchev–Trinajstić information content (AvgIpc) is 2.61. The molecule has 0 saturated heterocycles. The lowest BCUT2D eigenvalue weighted by Crippen LogP contribution is -2.18. The number of halogens is 3. The van der Waals surface area contributed by atoms with E-state index in [1.165, 1.54) is 57.1 Å². The van der Waals surface area contributed by atoms with Crippen molar-refractivity contribution in [1.29, 1.82) is 0 Å². The van der Waals surface area contributed by atoms with Crippen LogP contribution in [0.1, 0.15) is 69.4 Å². The van der Waals surface area contributed by atoms with E-state index >= 15 is 0 Å². The summed E-state index contributed by atoms with van der Waals surface area (Å²) in [4.78, 5) is 0. The van der Waals surface area contributed by atoms with Gasteiger partial charge in [-0.15, -0.1) is 0 Å². The second-order valence-corrected chi connectivity index (χ2v) is 8.11. The highest BCUT2D eigenvalue weighted by Gasteiger charge is 2.30. The van der Waals surface area contributed by atoms with Gasteiger partial charge in [0.25, 0.3) is 0 Å². The third-order valence-electron chi connectivity index (χ3n) is 6.20. The van der Waals surface area contributed by atoms with Crippen LogP contribution in [0.4, 0.5) is 13.2 Å².